The predicted octanol–water partition coefficient (Wildman–Crippen LogP) is 1.57. The summed E-state index contributed by atoms with van der Waals surface area (Å²) in [7, 11) is 0. The number of aryl methyl sites for hydroxylation is 1. The molecule has 0 N–H and O–H groups in total. The molecule has 7 heteroatoms. The summed E-state index contributed by atoms with van der Waals surface area (Å²) in [6.45, 7) is 3.07. The maximum Gasteiger partial charge on any atom is 0.257 e. The van der Waals surface area contributed by atoms with Crippen molar-refractivity contribution in [3.63, 3.8) is 0 Å². The number of carbonyl (C=O) groups excluding carboxylic acids is 1. The van der Waals surface area contributed by atoms with Crippen molar-refractivity contribution in [2.45, 2.75) is 25.6 Å². The van der Waals surface area contributed by atoms with Gasteiger partial charge in [0.1, 0.15) is 12.4 Å². The second-order valence-electron chi connectivity index (χ2n) is 5.56. The average Bonchev–Trinajstić information content (AvgIpc) is 3.20. The summed E-state index contributed by atoms with van der Waals surface area (Å²) in [6.07, 6.45) is 3.68. The zero-order chi connectivity index (χ0) is 14.4. The Kier molecular flexibility index (Phi) is 2.81. The second kappa shape index (κ2) is 4.70. The van der Waals surface area contributed by atoms with Gasteiger partial charge in [-0.3, -0.25) is 4.79 Å². The zero-order valence-corrected chi connectivity index (χ0v) is 11.6. The fraction of sp³-hybridized carbons (Fsp3) is 0.500. The third-order valence-corrected chi connectivity index (χ3v) is 4.11. The number of ether oxygens (including phenoxy) is 1. The quantitative estimate of drug-likeness (QED) is 0.834. The van der Waals surface area contributed by atoms with Crippen LogP contribution in [0.25, 0.3) is 0 Å². The molecule has 0 aromatic carbocycles. The van der Waals surface area contributed by atoms with Gasteiger partial charge in [-0.25, -0.2) is 0 Å². The first-order valence-electron chi connectivity index (χ1n) is 6.98. The van der Waals surface area contributed by atoms with E-state index in [1.54, 1.807) is 13.0 Å². The molecule has 3 atom stereocenters. The van der Waals surface area contributed by atoms with Crippen LogP contribution < -0.4 is 0 Å². The van der Waals surface area contributed by atoms with Gasteiger partial charge in [0, 0.05) is 19.0 Å². The Morgan fingerprint density at radius 2 is 2.33 bits per heavy atom. The monoisotopic (exact) mass is 289 g/mol. The number of amides is 1. The minimum absolute atomic E-state index is 0.00747. The van der Waals surface area contributed by atoms with Crippen LogP contribution in [0.1, 0.15) is 34.6 Å². The van der Waals surface area contributed by atoms with E-state index in [-0.39, 0.29) is 18.1 Å². The maximum absolute atomic E-state index is 12.3. The summed E-state index contributed by atoms with van der Waals surface area (Å²) in [5.41, 5.74) is 0.582. The third-order valence-electron chi connectivity index (χ3n) is 4.11. The fourth-order valence-corrected chi connectivity index (χ4v) is 3.10. The highest BCUT2D eigenvalue weighted by Gasteiger charge is 2.45. The second-order valence-corrected chi connectivity index (χ2v) is 5.56. The number of nitrogens with zero attached hydrogens (tertiary/aromatic N) is 3. The average molecular weight is 289 g/mol. The summed E-state index contributed by atoms with van der Waals surface area (Å²) in [6, 6.07) is 1.68. The lowest BCUT2D eigenvalue weighted by Gasteiger charge is -2.17. The number of furan rings is 1. The molecule has 4 heterocycles. The first-order valence-corrected chi connectivity index (χ1v) is 6.98. The van der Waals surface area contributed by atoms with Crippen LogP contribution in [0, 0.1) is 12.8 Å². The van der Waals surface area contributed by atoms with E-state index in [0.29, 0.717) is 36.3 Å². The van der Waals surface area contributed by atoms with Gasteiger partial charge in [0.15, 0.2) is 5.82 Å². The number of rotatable bonds is 2. The maximum atomic E-state index is 12.3. The van der Waals surface area contributed by atoms with Gasteiger partial charge in [-0.15, -0.1) is 0 Å². The molecule has 2 fully saturated rings. The Labute approximate surface area is 120 Å². The van der Waals surface area contributed by atoms with Gasteiger partial charge in [-0.1, -0.05) is 5.16 Å². The molecule has 2 aromatic heterocycles. The van der Waals surface area contributed by atoms with Crippen molar-refractivity contribution in [3.05, 3.63) is 35.9 Å². The van der Waals surface area contributed by atoms with E-state index in [4.69, 9.17) is 13.7 Å². The van der Waals surface area contributed by atoms with Gasteiger partial charge in [-0.05, 0) is 19.4 Å². The molecule has 2 saturated heterocycles. The van der Waals surface area contributed by atoms with Crippen molar-refractivity contribution in [1.29, 1.82) is 0 Å². The summed E-state index contributed by atoms with van der Waals surface area (Å²) in [4.78, 5) is 18.3. The van der Waals surface area contributed by atoms with Crippen LogP contribution in [0.4, 0.5) is 0 Å². The van der Waals surface area contributed by atoms with Crippen molar-refractivity contribution in [3.8, 4) is 0 Å². The molecule has 0 saturated carbocycles. The summed E-state index contributed by atoms with van der Waals surface area (Å²) in [5, 5.41) is 3.79. The van der Waals surface area contributed by atoms with E-state index < -0.39 is 0 Å². The normalized spacial score (nSPS) is 28.0. The van der Waals surface area contributed by atoms with E-state index in [1.165, 1.54) is 12.5 Å². The highest BCUT2D eigenvalue weighted by Crippen LogP contribution is 2.40. The van der Waals surface area contributed by atoms with Gasteiger partial charge < -0.3 is 18.6 Å². The van der Waals surface area contributed by atoms with E-state index >= 15 is 0 Å². The van der Waals surface area contributed by atoms with Crippen LogP contribution in [-0.4, -0.2) is 40.1 Å². The highest BCUT2D eigenvalue weighted by molar-refractivity contribution is 5.94. The largest absolute Gasteiger partial charge is 0.472 e. The molecule has 21 heavy (non-hydrogen) atoms. The molecule has 2 aliphatic heterocycles. The Morgan fingerprint density at radius 3 is 3.00 bits per heavy atom. The van der Waals surface area contributed by atoms with E-state index in [9.17, 15) is 4.79 Å². The minimum atomic E-state index is -0.146. The number of aromatic nitrogens is 2. The van der Waals surface area contributed by atoms with Crippen LogP contribution in [0.5, 0.6) is 0 Å². The molecule has 0 bridgehead atoms. The zero-order valence-electron chi connectivity index (χ0n) is 11.6. The number of fused-ring (bicyclic) bond motifs is 1. The molecule has 0 radical (unpaired) electrons. The van der Waals surface area contributed by atoms with Crippen molar-refractivity contribution >= 4 is 5.91 Å². The lowest BCUT2D eigenvalue weighted by atomic mass is 10.0. The van der Waals surface area contributed by atoms with Crippen LogP contribution in [0.3, 0.4) is 0 Å². The Morgan fingerprint density at radius 1 is 1.43 bits per heavy atom. The number of hydrogen-bond acceptors (Lipinski definition) is 6. The third kappa shape index (κ3) is 2.13. The first kappa shape index (κ1) is 12.6. The Hall–Kier alpha value is -2.15. The standard InChI is InChI=1S/C14H15N3O4/c1-8-15-13(21-16-8)11-4-10-5-17(6-12(10)20-11)14(18)9-2-3-19-7-9/h2-3,7,10-12H,4-6H2,1H3/t10-,11-,12+/m0/s1. The number of carbonyl (C=O) groups is 1. The first-order chi connectivity index (χ1) is 10.2. The molecule has 0 spiro atoms. The van der Waals surface area contributed by atoms with Crippen molar-refractivity contribution in [1.82, 2.24) is 15.0 Å². The number of likely N-dealkylation sites (tertiary alicyclic amines) is 1. The smallest absolute Gasteiger partial charge is 0.257 e. The van der Waals surface area contributed by atoms with Crippen LogP contribution in [0.15, 0.2) is 27.5 Å². The number of hydrogen-bond donors (Lipinski definition) is 0. The van der Waals surface area contributed by atoms with E-state index in [0.717, 1.165) is 6.42 Å². The van der Waals surface area contributed by atoms with Crippen LogP contribution >= 0.6 is 0 Å². The highest BCUT2D eigenvalue weighted by atomic mass is 16.5. The fourth-order valence-electron chi connectivity index (χ4n) is 3.10. The molecule has 0 unspecified atom stereocenters. The van der Waals surface area contributed by atoms with Gasteiger partial charge in [0.2, 0.25) is 0 Å². The van der Waals surface area contributed by atoms with Gasteiger partial charge in [0.05, 0.1) is 17.9 Å². The van der Waals surface area contributed by atoms with Crippen LogP contribution in [0.2, 0.25) is 0 Å². The Balaban J connectivity index is 1.43. The van der Waals surface area contributed by atoms with Crippen molar-refractivity contribution in [2.75, 3.05) is 13.1 Å². The molecule has 1 amide bonds. The molecule has 7 nitrogen and oxygen atoms in total. The topological polar surface area (TPSA) is 81.6 Å². The van der Waals surface area contributed by atoms with Crippen LogP contribution in [-0.2, 0) is 4.74 Å². The lowest BCUT2D eigenvalue weighted by Crippen LogP contribution is -2.30. The molecular formula is C14H15N3O4. The SMILES string of the molecule is Cc1noc([C@@H]2C[C@H]3CN(C(=O)c4ccoc4)C[C@H]3O2)n1. The lowest BCUT2D eigenvalue weighted by molar-refractivity contribution is 0.0199. The Bertz CT molecular complexity index is 637. The molecule has 2 aliphatic rings. The summed E-state index contributed by atoms with van der Waals surface area (Å²) >= 11 is 0. The van der Waals surface area contributed by atoms with Crippen molar-refractivity contribution < 1.29 is 18.5 Å². The molecule has 2 aromatic rings. The van der Waals surface area contributed by atoms with E-state index in [1.807, 2.05) is 4.90 Å². The van der Waals surface area contributed by atoms with Gasteiger partial charge in [0.25, 0.3) is 11.8 Å². The molecule has 0 aliphatic carbocycles. The molecule has 110 valence electrons. The predicted molar refractivity (Wildman–Crippen MR) is 69.4 cm³/mol. The van der Waals surface area contributed by atoms with Gasteiger partial charge in [-0.2, -0.15) is 4.98 Å². The molecular weight excluding hydrogens is 274 g/mol. The minimum Gasteiger partial charge on any atom is -0.472 e. The van der Waals surface area contributed by atoms with Crippen molar-refractivity contribution in [2.24, 2.45) is 5.92 Å². The summed E-state index contributed by atoms with van der Waals surface area (Å²) < 4.78 is 16.1. The molecule has 4 rings (SSSR count). The summed E-state index contributed by atoms with van der Waals surface area (Å²) in [5.74, 6) is 1.46. The van der Waals surface area contributed by atoms with E-state index in [2.05, 4.69) is 10.1 Å². The van der Waals surface area contributed by atoms with Gasteiger partial charge >= 0.3 is 0 Å².